The molecule has 28 heavy (non-hydrogen) atoms. The molecule has 1 aromatic carbocycles. The number of nitrogens with zero attached hydrogens (tertiary/aromatic N) is 2. The van der Waals surface area contributed by atoms with Crippen molar-refractivity contribution in [2.24, 2.45) is 0 Å². The normalized spacial score (nSPS) is 17.1. The molecule has 0 bridgehead atoms. The van der Waals surface area contributed by atoms with Gasteiger partial charge in [0.05, 0.1) is 6.10 Å². The number of rotatable bonds is 5. The number of hydrogen-bond acceptors (Lipinski definition) is 5. The Kier molecular flexibility index (Phi) is 4.26. The van der Waals surface area contributed by atoms with Crippen LogP contribution < -0.4 is 11.1 Å². The number of hydrogen-bond donors (Lipinski definition) is 4. The Labute approximate surface area is 162 Å². The van der Waals surface area contributed by atoms with Gasteiger partial charge in [-0.2, -0.15) is 0 Å². The van der Waals surface area contributed by atoms with E-state index in [-0.39, 0.29) is 0 Å². The van der Waals surface area contributed by atoms with Crippen molar-refractivity contribution in [2.45, 2.75) is 32.4 Å². The number of imidazole rings is 1. The predicted octanol–water partition coefficient (Wildman–Crippen LogP) is 3.27. The maximum atomic E-state index is 6.00. The highest BCUT2D eigenvalue weighted by molar-refractivity contribution is 5.95. The molecule has 0 aliphatic carbocycles. The first-order valence-electron chi connectivity index (χ1n) is 9.73. The summed E-state index contributed by atoms with van der Waals surface area (Å²) < 4.78 is 5.67. The van der Waals surface area contributed by atoms with Crippen LogP contribution in [-0.2, 0) is 11.3 Å². The largest absolute Gasteiger partial charge is 0.384 e. The summed E-state index contributed by atoms with van der Waals surface area (Å²) in [5.74, 6) is 1.30. The Bertz CT molecular complexity index is 1140. The molecule has 144 valence electrons. The second kappa shape index (κ2) is 6.92. The third kappa shape index (κ3) is 3.23. The van der Waals surface area contributed by atoms with Crippen LogP contribution in [-0.4, -0.2) is 39.2 Å². The number of ether oxygens (including phenoxy) is 1. The van der Waals surface area contributed by atoms with Crippen LogP contribution in [0.15, 0.2) is 30.3 Å². The van der Waals surface area contributed by atoms with E-state index in [1.807, 2.05) is 13.0 Å². The zero-order valence-corrected chi connectivity index (χ0v) is 15.9. The Balaban J connectivity index is 1.42. The monoisotopic (exact) mass is 376 g/mol. The van der Waals surface area contributed by atoms with Crippen molar-refractivity contribution in [3.63, 3.8) is 0 Å². The van der Waals surface area contributed by atoms with Crippen LogP contribution in [0.2, 0.25) is 0 Å². The maximum Gasteiger partial charge on any atom is 0.160 e. The maximum absolute atomic E-state index is 6.00. The van der Waals surface area contributed by atoms with E-state index in [1.165, 1.54) is 17.4 Å². The van der Waals surface area contributed by atoms with Crippen LogP contribution in [0.4, 0.5) is 5.82 Å². The van der Waals surface area contributed by atoms with Gasteiger partial charge in [0.1, 0.15) is 17.2 Å². The van der Waals surface area contributed by atoms with Crippen molar-refractivity contribution in [3.05, 3.63) is 41.7 Å². The van der Waals surface area contributed by atoms with Crippen molar-refractivity contribution in [2.75, 3.05) is 18.9 Å². The molecule has 1 fully saturated rings. The van der Waals surface area contributed by atoms with Gasteiger partial charge in [-0.1, -0.05) is 6.07 Å². The number of nitrogen functional groups attached to an aromatic ring is 1. The molecule has 0 radical (unpaired) electrons. The number of aromatic nitrogens is 4. The zero-order valence-electron chi connectivity index (χ0n) is 15.9. The third-order valence-corrected chi connectivity index (χ3v) is 5.29. The molecule has 7 heteroatoms. The van der Waals surface area contributed by atoms with Crippen molar-refractivity contribution >= 4 is 27.9 Å². The fraction of sp³-hybridized carbons (Fsp3) is 0.333. The highest BCUT2D eigenvalue weighted by Crippen LogP contribution is 2.30. The van der Waals surface area contributed by atoms with Crippen LogP contribution in [0.5, 0.6) is 0 Å². The van der Waals surface area contributed by atoms with Gasteiger partial charge in [0.25, 0.3) is 0 Å². The van der Waals surface area contributed by atoms with Crippen molar-refractivity contribution < 1.29 is 4.74 Å². The van der Waals surface area contributed by atoms with E-state index in [0.717, 1.165) is 54.2 Å². The zero-order chi connectivity index (χ0) is 19.1. The third-order valence-electron chi connectivity index (χ3n) is 5.29. The molecule has 0 saturated carbocycles. The molecule has 7 nitrogen and oxygen atoms in total. The summed E-state index contributed by atoms with van der Waals surface area (Å²) in [5.41, 5.74) is 11.8. The van der Waals surface area contributed by atoms with Crippen molar-refractivity contribution in [1.29, 1.82) is 0 Å². The van der Waals surface area contributed by atoms with Crippen LogP contribution in [0.3, 0.4) is 0 Å². The Morgan fingerprint density at radius 2 is 2.14 bits per heavy atom. The fourth-order valence-electron chi connectivity index (χ4n) is 3.95. The summed E-state index contributed by atoms with van der Waals surface area (Å²) >= 11 is 0. The van der Waals surface area contributed by atoms with Gasteiger partial charge in [-0.05, 0) is 49.6 Å². The quantitative estimate of drug-likeness (QED) is 0.428. The molecule has 4 aromatic rings. The van der Waals surface area contributed by atoms with E-state index in [1.54, 1.807) is 0 Å². The molecule has 1 unspecified atom stereocenters. The van der Waals surface area contributed by atoms with Crippen molar-refractivity contribution in [3.8, 4) is 11.3 Å². The number of aromatic amines is 2. The summed E-state index contributed by atoms with van der Waals surface area (Å²) in [5, 5.41) is 4.68. The summed E-state index contributed by atoms with van der Waals surface area (Å²) in [4.78, 5) is 15.6. The SMILES string of the molecule is Cc1nc2c(-c3cc4cc(CNCC5CCCO5)ccc4[nH]3)cc(N)nc2[nH]1. The molecule has 5 rings (SSSR count). The van der Waals surface area contributed by atoms with Crippen LogP contribution in [0, 0.1) is 6.92 Å². The smallest absolute Gasteiger partial charge is 0.160 e. The molecule has 1 aliphatic rings. The molecule has 3 aromatic heterocycles. The van der Waals surface area contributed by atoms with Gasteiger partial charge in [0.15, 0.2) is 5.65 Å². The molecular formula is C21H24N6O. The lowest BCUT2D eigenvalue weighted by atomic mass is 10.1. The van der Waals surface area contributed by atoms with Crippen LogP contribution in [0.25, 0.3) is 33.3 Å². The number of benzene rings is 1. The first-order chi connectivity index (χ1) is 13.7. The lowest BCUT2D eigenvalue weighted by Gasteiger charge is -2.10. The molecule has 5 N–H and O–H groups in total. The van der Waals surface area contributed by atoms with E-state index in [9.17, 15) is 0 Å². The summed E-state index contributed by atoms with van der Waals surface area (Å²) in [6, 6.07) is 10.5. The van der Waals surface area contributed by atoms with Gasteiger partial charge in [0.2, 0.25) is 0 Å². The van der Waals surface area contributed by atoms with E-state index < -0.39 is 0 Å². The molecule has 0 amide bonds. The fourth-order valence-corrected chi connectivity index (χ4v) is 3.95. The molecule has 4 heterocycles. The topological polar surface area (TPSA) is 105 Å². The first kappa shape index (κ1) is 17.2. The predicted molar refractivity (Wildman–Crippen MR) is 111 cm³/mol. The average Bonchev–Trinajstić information content (AvgIpc) is 3.39. The number of fused-ring (bicyclic) bond motifs is 2. The summed E-state index contributed by atoms with van der Waals surface area (Å²) in [6.45, 7) is 4.56. The van der Waals surface area contributed by atoms with Crippen LogP contribution in [0.1, 0.15) is 24.2 Å². The van der Waals surface area contributed by atoms with E-state index in [4.69, 9.17) is 10.5 Å². The Hall–Kier alpha value is -2.90. The van der Waals surface area contributed by atoms with Gasteiger partial charge in [-0.15, -0.1) is 0 Å². The summed E-state index contributed by atoms with van der Waals surface area (Å²) in [7, 11) is 0. The Morgan fingerprint density at radius 1 is 1.21 bits per heavy atom. The number of anilines is 1. The number of H-pyrrole nitrogens is 2. The standard InChI is InChI=1S/C21H24N6O/c1-12-24-20-16(9-19(22)27-21(20)25-12)18-8-14-7-13(4-5-17(14)26-18)10-23-11-15-3-2-6-28-15/h4-5,7-9,15,23,26H,2-3,6,10-11H2,1H3,(H3,22,24,25,27). The van der Waals surface area contributed by atoms with Crippen molar-refractivity contribution in [1.82, 2.24) is 25.3 Å². The highest BCUT2D eigenvalue weighted by Gasteiger charge is 2.15. The minimum atomic E-state index is 0.361. The second-order valence-electron chi connectivity index (χ2n) is 7.48. The molecule has 1 aliphatic heterocycles. The van der Waals surface area contributed by atoms with Gasteiger partial charge >= 0.3 is 0 Å². The molecular weight excluding hydrogens is 352 g/mol. The summed E-state index contributed by atoms with van der Waals surface area (Å²) in [6.07, 6.45) is 2.69. The first-order valence-corrected chi connectivity index (χ1v) is 9.73. The van der Waals surface area contributed by atoms with E-state index in [2.05, 4.69) is 49.5 Å². The number of nitrogens with two attached hydrogens (primary N) is 1. The van der Waals surface area contributed by atoms with Gasteiger partial charge in [-0.25, -0.2) is 9.97 Å². The number of nitrogens with one attached hydrogen (secondary N) is 3. The van der Waals surface area contributed by atoms with Crippen LogP contribution >= 0.6 is 0 Å². The molecule has 1 saturated heterocycles. The second-order valence-corrected chi connectivity index (χ2v) is 7.48. The van der Waals surface area contributed by atoms with E-state index in [0.29, 0.717) is 17.6 Å². The molecule has 0 spiro atoms. The van der Waals surface area contributed by atoms with E-state index >= 15 is 0 Å². The highest BCUT2D eigenvalue weighted by atomic mass is 16.5. The van der Waals surface area contributed by atoms with Gasteiger partial charge < -0.3 is 25.8 Å². The Morgan fingerprint density at radius 3 is 3.00 bits per heavy atom. The minimum Gasteiger partial charge on any atom is -0.384 e. The average molecular weight is 376 g/mol. The number of aryl methyl sites for hydroxylation is 1. The lowest BCUT2D eigenvalue weighted by molar-refractivity contribution is 0.110. The van der Waals surface area contributed by atoms with Gasteiger partial charge in [-0.3, -0.25) is 0 Å². The van der Waals surface area contributed by atoms with Gasteiger partial charge in [0, 0.05) is 41.9 Å². The number of pyridine rings is 1. The lowest BCUT2D eigenvalue weighted by Crippen LogP contribution is -2.25. The minimum absolute atomic E-state index is 0.361. The molecule has 1 atom stereocenters.